The molecule has 0 aliphatic heterocycles. The van der Waals surface area contributed by atoms with Crippen molar-refractivity contribution >= 4 is 29.4 Å². The Morgan fingerprint density at radius 2 is 1.35 bits per heavy atom. The average Bonchev–Trinajstić information content (AvgIpc) is 2.59. The summed E-state index contributed by atoms with van der Waals surface area (Å²) in [6.07, 6.45) is 0. The summed E-state index contributed by atoms with van der Waals surface area (Å²) in [6, 6.07) is 17.6. The van der Waals surface area contributed by atoms with Gasteiger partial charge in [0.2, 0.25) is 0 Å². The molecule has 26 heavy (non-hydrogen) atoms. The molecule has 0 aliphatic rings. The predicted octanol–water partition coefficient (Wildman–Crippen LogP) is 6.41. The highest BCUT2D eigenvalue weighted by molar-refractivity contribution is 9.10. The molecule has 0 heterocycles. The Hall–Kier alpha value is -2.37. The molecule has 3 rings (SSSR count). The molecular weight excluding hydrogens is 427 g/mol. The summed E-state index contributed by atoms with van der Waals surface area (Å²) in [5, 5.41) is 2.60. The van der Waals surface area contributed by atoms with E-state index in [4.69, 9.17) is 9.05 Å². The largest absolute Gasteiger partial charge is 0.541 e. The molecule has 4 nitrogen and oxygen atoms in total. The second-order valence-electron chi connectivity index (χ2n) is 5.16. The van der Waals surface area contributed by atoms with Crippen LogP contribution < -0.4 is 14.1 Å². The van der Waals surface area contributed by atoms with Gasteiger partial charge in [0.25, 0.3) is 0 Å². The molecule has 0 radical (unpaired) electrons. The van der Waals surface area contributed by atoms with Crippen molar-refractivity contribution in [3.05, 3.63) is 88.9 Å². The number of hydrogen-bond donors (Lipinski definition) is 1. The Labute approximate surface area is 157 Å². The third-order valence-electron chi connectivity index (χ3n) is 3.20. The van der Waals surface area contributed by atoms with E-state index in [1.54, 1.807) is 24.3 Å². The van der Waals surface area contributed by atoms with Crippen LogP contribution in [-0.2, 0) is 4.57 Å². The third-order valence-corrected chi connectivity index (χ3v) is 5.10. The summed E-state index contributed by atoms with van der Waals surface area (Å²) < 4.78 is 52.4. The van der Waals surface area contributed by atoms with Crippen LogP contribution in [-0.4, -0.2) is 0 Å². The Morgan fingerprint density at radius 3 is 1.85 bits per heavy atom. The second-order valence-corrected chi connectivity index (χ2v) is 7.66. The number of halogens is 3. The van der Waals surface area contributed by atoms with E-state index in [2.05, 4.69) is 21.0 Å². The fourth-order valence-corrected chi connectivity index (χ4v) is 3.87. The zero-order valence-electron chi connectivity index (χ0n) is 13.2. The van der Waals surface area contributed by atoms with Crippen LogP contribution in [0.1, 0.15) is 0 Å². The van der Waals surface area contributed by atoms with E-state index in [1.807, 2.05) is 0 Å². The van der Waals surface area contributed by atoms with Gasteiger partial charge in [-0.05, 0) is 42.5 Å². The Balaban J connectivity index is 1.96. The first-order valence-electron chi connectivity index (χ1n) is 7.47. The molecule has 0 amide bonds. The topological polar surface area (TPSA) is 47.6 Å². The lowest BCUT2D eigenvalue weighted by Gasteiger charge is -2.21. The summed E-state index contributed by atoms with van der Waals surface area (Å²) in [7, 11) is -4.21. The monoisotopic (exact) mass is 439 g/mol. The molecule has 0 fully saturated rings. The van der Waals surface area contributed by atoms with E-state index in [0.717, 1.165) is 12.1 Å². The minimum Gasteiger partial charge on any atom is -0.397 e. The third kappa shape index (κ3) is 4.62. The van der Waals surface area contributed by atoms with Crippen molar-refractivity contribution in [2.24, 2.45) is 0 Å². The SMILES string of the molecule is O=P(Nc1cccc(Br)c1)(Oc1ccccc1F)Oc1ccccc1F. The van der Waals surface area contributed by atoms with Gasteiger partial charge in [-0.1, -0.05) is 46.3 Å². The lowest BCUT2D eigenvalue weighted by Crippen LogP contribution is -2.11. The standard InChI is InChI=1S/C18H13BrF2NO3P/c19-13-6-5-7-14(12-13)22-26(23,24-17-10-3-1-8-15(17)20)25-18-11-4-2-9-16(18)21/h1-12H,(H,22,23). The van der Waals surface area contributed by atoms with Crippen LogP contribution in [0.3, 0.4) is 0 Å². The van der Waals surface area contributed by atoms with E-state index < -0.39 is 19.4 Å². The lowest BCUT2D eigenvalue weighted by molar-refractivity contribution is 0.373. The molecular formula is C18H13BrF2NO3P. The number of hydrogen-bond acceptors (Lipinski definition) is 3. The van der Waals surface area contributed by atoms with Crippen molar-refractivity contribution in [2.45, 2.75) is 0 Å². The number of para-hydroxylation sites is 2. The fraction of sp³-hybridized carbons (Fsp3) is 0. The molecule has 0 atom stereocenters. The van der Waals surface area contributed by atoms with Crippen LogP contribution in [0.5, 0.6) is 11.5 Å². The van der Waals surface area contributed by atoms with Gasteiger partial charge in [-0.3, -0.25) is 5.09 Å². The highest BCUT2D eigenvalue weighted by atomic mass is 79.9. The molecule has 134 valence electrons. The van der Waals surface area contributed by atoms with E-state index >= 15 is 0 Å². The van der Waals surface area contributed by atoms with Crippen LogP contribution >= 0.6 is 23.7 Å². The van der Waals surface area contributed by atoms with Crippen LogP contribution in [0.4, 0.5) is 14.5 Å². The highest BCUT2D eigenvalue weighted by Crippen LogP contribution is 2.49. The van der Waals surface area contributed by atoms with Gasteiger partial charge in [0.05, 0.1) is 0 Å². The summed E-state index contributed by atoms with van der Waals surface area (Å²) >= 11 is 3.30. The maximum Gasteiger partial charge on any atom is 0.541 e. The molecule has 0 unspecified atom stereocenters. The van der Waals surface area contributed by atoms with Gasteiger partial charge >= 0.3 is 7.75 Å². The van der Waals surface area contributed by atoms with Gasteiger partial charge in [-0.25, -0.2) is 13.3 Å². The number of anilines is 1. The number of rotatable bonds is 6. The highest BCUT2D eigenvalue weighted by Gasteiger charge is 2.31. The Kier molecular flexibility index (Phi) is 5.59. The van der Waals surface area contributed by atoms with Crippen LogP contribution in [0.15, 0.2) is 77.3 Å². The van der Waals surface area contributed by atoms with Crippen LogP contribution in [0, 0.1) is 11.6 Å². The first kappa shape index (κ1) is 18.4. The minimum atomic E-state index is -4.21. The van der Waals surface area contributed by atoms with Crippen molar-refractivity contribution in [3.8, 4) is 11.5 Å². The molecule has 0 saturated carbocycles. The van der Waals surface area contributed by atoms with E-state index in [1.165, 1.54) is 36.4 Å². The predicted molar refractivity (Wildman–Crippen MR) is 99.4 cm³/mol. The summed E-state index contributed by atoms with van der Waals surface area (Å²) in [4.78, 5) is 0. The Bertz CT molecular complexity index is 919. The quantitative estimate of drug-likeness (QED) is 0.451. The van der Waals surface area contributed by atoms with Crippen molar-refractivity contribution in [2.75, 3.05) is 5.09 Å². The molecule has 0 aliphatic carbocycles. The molecule has 0 bridgehead atoms. The van der Waals surface area contributed by atoms with Crippen LogP contribution in [0.2, 0.25) is 0 Å². The van der Waals surface area contributed by atoms with Crippen molar-refractivity contribution in [1.29, 1.82) is 0 Å². The maximum absolute atomic E-state index is 13.9. The van der Waals surface area contributed by atoms with E-state index in [0.29, 0.717) is 10.2 Å². The van der Waals surface area contributed by atoms with Gasteiger partial charge in [0, 0.05) is 10.2 Å². The first-order chi connectivity index (χ1) is 12.5. The molecule has 3 aromatic carbocycles. The van der Waals surface area contributed by atoms with Gasteiger partial charge in [0.15, 0.2) is 23.1 Å². The van der Waals surface area contributed by atoms with Gasteiger partial charge in [0.1, 0.15) is 0 Å². The molecule has 8 heteroatoms. The molecule has 0 saturated heterocycles. The summed E-state index contributed by atoms with van der Waals surface area (Å²) in [5.41, 5.74) is 0.385. The normalized spacial score (nSPS) is 11.0. The zero-order valence-corrected chi connectivity index (χ0v) is 15.7. The van der Waals surface area contributed by atoms with Gasteiger partial charge in [-0.2, -0.15) is 0 Å². The van der Waals surface area contributed by atoms with Crippen molar-refractivity contribution in [3.63, 3.8) is 0 Å². The summed E-state index contributed by atoms with van der Waals surface area (Å²) in [5.74, 6) is -2.01. The molecule has 1 N–H and O–H groups in total. The van der Waals surface area contributed by atoms with Gasteiger partial charge < -0.3 is 9.05 Å². The molecule has 3 aromatic rings. The lowest BCUT2D eigenvalue weighted by atomic mass is 10.3. The number of nitrogens with one attached hydrogen (secondary N) is 1. The minimum absolute atomic E-state index is 0.283. The van der Waals surface area contributed by atoms with E-state index in [9.17, 15) is 13.3 Å². The first-order valence-corrected chi connectivity index (χ1v) is 9.81. The molecule has 0 aromatic heterocycles. The van der Waals surface area contributed by atoms with Crippen LogP contribution in [0.25, 0.3) is 0 Å². The average molecular weight is 440 g/mol. The second kappa shape index (κ2) is 7.89. The van der Waals surface area contributed by atoms with Crippen molar-refractivity contribution in [1.82, 2.24) is 0 Å². The van der Waals surface area contributed by atoms with E-state index in [-0.39, 0.29) is 11.5 Å². The van der Waals surface area contributed by atoms with Gasteiger partial charge in [-0.15, -0.1) is 0 Å². The fourth-order valence-electron chi connectivity index (χ4n) is 2.08. The summed E-state index contributed by atoms with van der Waals surface area (Å²) in [6.45, 7) is 0. The number of benzene rings is 3. The molecule has 0 spiro atoms. The maximum atomic E-state index is 13.9. The smallest absolute Gasteiger partial charge is 0.397 e. The zero-order chi connectivity index (χ0) is 18.6. The van der Waals surface area contributed by atoms with Crippen molar-refractivity contribution < 1.29 is 22.4 Å². The Morgan fingerprint density at radius 1 is 0.808 bits per heavy atom.